The summed E-state index contributed by atoms with van der Waals surface area (Å²) in [6.45, 7) is 5.64. The molecule has 0 unspecified atom stereocenters. The standard InChI is InChI=1S/C22H25ClN2O5/c1-4-29-21(27)15-10-16(22(28)30-5-2)12-17(11-15)25-20(26)13-24-14(3)18-8-6-7-9-19(18)23/h6-12,14,24H,4-5,13H2,1-3H3,(H,25,26)/t14-/m1/s1. The van der Waals surface area contributed by atoms with Gasteiger partial charge in [0.1, 0.15) is 0 Å². The van der Waals surface area contributed by atoms with Crippen LogP contribution in [-0.2, 0) is 14.3 Å². The van der Waals surface area contributed by atoms with Crippen molar-refractivity contribution in [2.45, 2.75) is 26.8 Å². The number of hydrogen-bond donors (Lipinski definition) is 2. The summed E-state index contributed by atoms with van der Waals surface area (Å²) in [7, 11) is 0. The van der Waals surface area contributed by atoms with E-state index in [-0.39, 0.29) is 42.8 Å². The maximum atomic E-state index is 12.4. The molecule has 7 nitrogen and oxygen atoms in total. The maximum Gasteiger partial charge on any atom is 0.338 e. The normalized spacial score (nSPS) is 11.5. The average Bonchev–Trinajstić information content (AvgIpc) is 2.72. The first-order valence-electron chi connectivity index (χ1n) is 9.62. The van der Waals surface area contributed by atoms with Gasteiger partial charge in [0.15, 0.2) is 0 Å². The van der Waals surface area contributed by atoms with Gasteiger partial charge in [0.2, 0.25) is 5.91 Å². The minimum Gasteiger partial charge on any atom is -0.462 e. The van der Waals surface area contributed by atoms with Crippen LogP contribution >= 0.6 is 11.6 Å². The van der Waals surface area contributed by atoms with Crippen LogP contribution in [-0.4, -0.2) is 37.6 Å². The lowest BCUT2D eigenvalue weighted by Crippen LogP contribution is -2.30. The lowest BCUT2D eigenvalue weighted by Gasteiger charge is -2.16. The summed E-state index contributed by atoms with van der Waals surface area (Å²) < 4.78 is 9.99. The maximum absolute atomic E-state index is 12.4. The Balaban J connectivity index is 2.11. The largest absolute Gasteiger partial charge is 0.462 e. The second kappa shape index (κ2) is 11.3. The van der Waals surface area contributed by atoms with Crippen LogP contribution in [0.2, 0.25) is 5.02 Å². The molecule has 0 aliphatic carbocycles. The van der Waals surface area contributed by atoms with E-state index < -0.39 is 11.9 Å². The Bertz CT molecular complexity index is 880. The van der Waals surface area contributed by atoms with E-state index in [2.05, 4.69) is 10.6 Å². The molecule has 2 N–H and O–H groups in total. The van der Waals surface area contributed by atoms with Gasteiger partial charge >= 0.3 is 11.9 Å². The van der Waals surface area contributed by atoms with E-state index in [9.17, 15) is 14.4 Å². The number of benzene rings is 2. The average molecular weight is 433 g/mol. The van der Waals surface area contributed by atoms with Gasteiger partial charge in [-0.25, -0.2) is 9.59 Å². The molecule has 0 aliphatic rings. The molecule has 0 saturated heterocycles. The molecule has 2 aromatic carbocycles. The Morgan fingerprint density at radius 2 is 1.53 bits per heavy atom. The van der Waals surface area contributed by atoms with Crippen LogP contribution in [0.25, 0.3) is 0 Å². The number of carbonyl (C=O) groups is 3. The van der Waals surface area contributed by atoms with Crippen LogP contribution in [0, 0.1) is 0 Å². The van der Waals surface area contributed by atoms with Gasteiger partial charge < -0.3 is 20.1 Å². The molecule has 0 aliphatic heterocycles. The number of ether oxygens (including phenoxy) is 2. The predicted molar refractivity (Wildman–Crippen MR) is 115 cm³/mol. The van der Waals surface area contributed by atoms with Crippen molar-refractivity contribution in [2.75, 3.05) is 25.1 Å². The fraction of sp³-hybridized carbons (Fsp3) is 0.318. The van der Waals surface area contributed by atoms with Gasteiger partial charge in [0.25, 0.3) is 0 Å². The Labute approximate surface area is 180 Å². The first-order valence-corrected chi connectivity index (χ1v) is 10.0. The first kappa shape index (κ1) is 23.4. The Hall–Kier alpha value is -2.90. The van der Waals surface area contributed by atoms with Crippen molar-refractivity contribution in [3.05, 3.63) is 64.2 Å². The molecule has 1 amide bonds. The van der Waals surface area contributed by atoms with E-state index in [1.54, 1.807) is 19.9 Å². The number of hydrogen-bond acceptors (Lipinski definition) is 6. The highest BCUT2D eigenvalue weighted by Crippen LogP contribution is 2.22. The van der Waals surface area contributed by atoms with E-state index in [1.165, 1.54) is 18.2 Å². The lowest BCUT2D eigenvalue weighted by molar-refractivity contribution is -0.115. The third kappa shape index (κ3) is 6.57. The quantitative estimate of drug-likeness (QED) is 0.582. The Kier molecular flexibility index (Phi) is 8.83. The smallest absolute Gasteiger partial charge is 0.338 e. The van der Waals surface area contributed by atoms with Gasteiger partial charge in [0, 0.05) is 16.8 Å². The monoisotopic (exact) mass is 432 g/mol. The molecule has 160 valence electrons. The van der Waals surface area contributed by atoms with E-state index in [4.69, 9.17) is 21.1 Å². The van der Waals surface area contributed by atoms with E-state index in [0.717, 1.165) is 5.56 Å². The number of anilines is 1. The van der Waals surface area contributed by atoms with Crippen molar-refractivity contribution in [1.82, 2.24) is 5.32 Å². The summed E-state index contributed by atoms with van der Waals surface area (Å²) in [5, 5.41) is 6.39. The second-order valence-electron chi connectivity index (χ2n) is 6.41. The van der Waals surface area contributed by atoms with E-state index in [1.807, 2.05) is 25.1 Å². The summed E-state index contributed by atoms with van der Waals surface area (Å²) >= 11 is 6.18. The number of carbonyl (C=O) groups excluding carboxylic acids is 3. The van der Waals surface area contributed by atoms with Crippen LogP contribution in [0.5, 0.6) is 0 Å². The molecule has 8 heteroatoms. The zero-order valence-electron chi connectivity index (χ0n) is 17.2. The SMILES string of the molecule is CCOC(=O)c1cc(NC(=O)CN[C@H](C)c2ccccc2Cl)cc(C(=O)OCC)c1. The molecule has 0 fully saturated rings. The second-order valence-corrected chi connectivity index (χ2v) is 6.82. The van der Waals surface area contributed by atoms with Crippen LogP contribution in [0.3, 0.4) is 0 Å². The summed E-state index contributed by atoms with van der Waals surface area (Å²) in [5.41, 5.74) is 1.46. The zero-order chi connectivity index (χ0) is 22.1. The molecule has 2 rings (SSSR count). The van der Waals surface area contributed by atoms with Crippen molar-refractivity contribution in [3.8, 4) is 0 Å². The van der Waals surface area contributed by atoms with Crippen LogP contribution in [0.4, 0.5) is 5.69 Å². The van der Waals surface area contributed by atoms with Gasteiger partial charge in [-0.1, -0.05) is 29.8 Å². The third-order valence-corrected chi connectivity index (χ3v) is 4.52. The molecular weight excluding hydrogens is 408 g/mol. The van der Waals surface area contributed by atoms with Crippen LogP contribution in [0.15, 0.2) is 42.5 Å². The molecule has 0 radical (unpaired) electrons. The van der Waals surface area contributed by atoms with Crippen molar-refractivity contribution >= 4 is 35.1 Å². The summed E-state index contributed by atoms with van der Waals surface area (Å²) in [6.07, 6.45) is 0. The van der Waals surface area contributed by atoms with Crippen molar-refractivity contribution in [1.29, 1.82) is 0 Å². The van der Waals surface area contributed by atoms with E-state index >= 15 is 0 Å². The van der Waals surface area contributed by atoms with Crippen molar-refractivity contribution in [3.63, 3.8) is 0 Å². The highest BCUT2D eigenvalue weighted by molar-refractivity contribution is 6.31. The minimum atomic E-state index is -0.593. The highest BCUT2D eigenvalue weighted by Gasteiger charge is 2.16. The molecular formula is C22H25ClN2O5. The Morgan fingerprint density at radius 1 is 0.967 bits per heavy atom. The third-order valence-electron chi connectivity index (χ3n) is 4.18. The predicted octanol–water partition coefficient (Wildman–Crippen LogP) is 3.98. The minimum absolute atomic E-state index is 0.00473. The summed E-state index contributed by atoms with van der Waals surface area (Å²) in [5.74, 6) is -1.53. The molecule has 1 atom stereocenters. The number of halogens is 1. The number of nitrogens with one attached hydrogen (secondary N) is 2. The molecule has 0 bridgehead atoms. The van der Waals surface area contributed by atoms with Crippen LogP contribution in [0.1, 0.15) is 53.1 Å². The van der Waals surface area contributed by atoms with Crippen LogP contribution < -0.4 is 10.6 Å². The molecule has 0 aromatic heterocycles. The van der Waals surface area contributed by atoms with Crippen molar-refractivity contribution in [2.24, 2.45) is 0 Å². The van der Waals surface area contributed by atoms with Crippen molar-refractivity contribution < 1.29 is 23.9 Å². The van der Waals surface area contributed by atoms with E-state index in [0.29, 0.717) is 10.7 Å². The first-order chi connectivity index (χ1) is 14.3. The van der Waals surface area contributed by atoms with Gasteiger partial charge in [0.05, 0.1) is 30.9 Å². The Morgan fingerprint density at radius 3 is 2.07 bits per heavy atom. The molecule has 0 saturated carbocycles. The lowest BCUT2D eigenvalue weighted by atomic mass is 10.1. The fourth-order valence-electron chi connectivity index (χ4n) is 2.75. The molecule has 30 heavy (non-hydrogen) atoms. The van der Waals surface area contributed by atoms with Gasteiger partial charge in [-0.2, -0.15) is 0 Å². The molecule has 0 spiro atoms. The van der Waals surface area contributed by atoms with Gasteiger partial charge in [-0.05, 0) is 50.6 Å². The number of esters is 2. The summed E-state index contributed by atoms with van der Waals surface area (Å²) in [4.78, 5) is 36.6. The fourth-order valence-corrected chi connectivity index (χ4v) is 3.05. The topological polar surface area (TPSA) is 93.7 Å². The van der Waals surface area contributed by atoms with Gasteiger partial charge in [-0.3, -0.25) is 4.79 Å². The molecule has 0 heterocycles. The summed E-state index contributed by atoms with van der Waals surface area (Å²) in [6, 6.07) is 11.5. The number of rotatable bonds is 9. The molecule has 2 aromatic rings. The van der Waals surface area contributed by atoms with Gasteiger partial charge in [-0.15, -0.1) is 0 Å². The highest BCUT2D eigenvalue weighted by atomic mass is 35.5. The number of amides is 1. The zero-order valence-corrected chi connectivity index (χ0v) is 17.9.